The topological polar surface area (TPSA) is 84.2 Å². The van der Waals surface area contributed by atoms with E-state index < -0.39 is 5.97 Å². The fraction of sp³-hybridized carbons (Fsp3) is 0.250. The minimum atomic E-state index is -0.405. The van der Waals surface area contributed by atoms with Crippen LogP contribution in [0.4, 0.5) is 0 Å². The predicted molar refractivity (Wildman–Crippen MR) is 116 cm³/mol. The number of carbonyl (C=O) groups excluding carboxylic acids is 2. The summed E-state index contributed by atoms with van der Waals surface area (Å²) < 4.78 is 10.8. The zero-order chi connectivity index (χ0) is 21.4. The molecule has 0 amide bonds. The molecule has 6 nitrogen and oxygen atoms in total. The lowest BCUT2D eigenvalue weighted by molar-refractivity contribution is 0.0464. The molecule has 0 radical (unpaired) electrons. The summed E-state index contributed by atoms with van der Waals surface area (Å²) in [5, 5.41) is 1.74. The van der Waals surface area contributed by atoms with Gasteiger partial charge in [0.15, 0.2) is 0 Å². The van der Waals surface area contributed by atoms with Gasteiger partial charge < -0.3 is 19.4 Å². The van der Waals surface area contributed by atoms with Gasteiger partial charge in [-0.25, -0.2) is 9.59 Å². The molecule has 0 bridgehead atoms. The smallest absolute Gasteiger partial charge is 0.355 e. The van der Waals surface area contributed by atoms with Gasteiger partial charge >= 0.3 is 11.9 Å². The second kappa shape index (κ2) is 7.71. The van der Waals surface area contributed by atoms with Crippen LogP contribution in [-0.4, -0.2) is 28.5 Å². The number of aromatic nitrogens is 2. The molecule has 0 saturated heterocycles. The Balaban J connectivity index is 1.76. The monoisotopic (exact) mass is 404 g/mol. The molecule has 0 aliphatic heterocycles. The molecule has 0 unspecified atom stereocenters. The molecular weight excluding hydrogens is 380 g/mol. The van der Waals surface area contributed by atoms with E-state index in [9.17, 15) is 9.59 Å². The number of ether oxygens (including phenoxy) is 2. The van der Waals surface area contributed by atoms with Crippen molar-refractivity contribution in [1.82, 2.24) is 9.97 Å². The number of aryl methyl sites for hydroxylation is 3. The Labute approximate surface area is 174 Å². The number of nitrogens with one attached hydrogen (secondary N) is 2. The summed E-state index contributed by atoms with van der Waals surface area (Å²) in [6.45, 7) is 8.02. The van der Waals surface area contributed by atoms with Crippen molar-refractivity contribution in [3.8, 4) is 0 Å². The van der Waals surface area contributed by atoms with Crippen molar-refractivity contribution >= 4 is 33.7 Å². The van der Waals surface area contributed by atoms with Crippen LogP contribution in [0.25, 0.3) is 21.8 Å². The third-order valence-electron chi connectivity index (χ3n) is 5.43. The molecule has 2 heterocycles. The van der Waals surface area contributed by atoms with Crippen LogP contribution >= 0.6 is 0 Å². The van der Waals surface area contributed by atoms with Crippen molar-refractivity contribution in [1.29, 1.82) is 0 Å². The molecule has 0 atom stereocenters. The van der Waals surface area contributed by atoms with Crippen LogP contribution < -0.4 is 0 Å². The number of esters is 2. The first kappa shape index (κ1) is 19.8. The maximum absolute atomic E-state index is 12.7. The quantitative estimate of drug-likeness (QED) is 0.453. The summed E-state index contributed by atoms with van der Waals surface area (Å²) >= 11 is 0. The Morgan fingerprint density at radius 1 is 0.867 bits per heavy atom. The highest BCUT2D eigenvalue weighted by Gasteiger charge is 2.24. The number of hydrogen-bond acceptors (Lipinski definition) is 4. The molecule has 0 aliphatic rings. The number of aromatic amines is 2. The minimum absolute atomic E-state index is 0.209. The number of H-pyrrole nitrogens is 2. The van der Waals surface area contributed by atoms with E-state index in [2.05, 4.69) is 9.97 Å². The zero-order valence-corrected chi connectivity index (χ0v) is 17.5. The molecule has 0 fully saturated rings. The standard InChI is InChI=1S/C24H24N2O4/c1-5-29-23(27)21-15(4)25-18-11-17-19(13(2)20(18)21)14(3)22(26-17)24(28)30-12-16-9-7-6-8-10-16/h6-11,25-26H,5,12H2,1-4H3. The number of rotatable bonds is 5. The van der Waals surface area contributed by atoms with E-state index in [1.54, 1.807) is 6.92 Å². The van der Waals surface area contributed by atoms with E-state index in [1.165, 1.54) is 0 Å². The fourth-order valence-electron chi connectivity index (χ4n) is 4.08. The molecular formula is C24H24N2O4. The van der Waals surface area contributed by atoms with Crippen LogP contribution in [0.5, 0.6) is 0 Å². The van der Waals surface area contributed by atoms with E-state index in [1.807, 2.05) is 57.2 Å². The van der Waals surface area contributed by atoms with Gasteiger partial charge in [-0.1, -0.05) is 30.3 Å². The molecule has 30 heavy (non-hydrogen) atoms. The Hall–Kier alpha value is -3.54. The van der Waals surface area contributed by atoms with E-state index in [-0.39, 0.29) is 12.6 Å². The van der Waals surface area contributed by atoms with Gasteiger partial charge in [-0.3, -0.25) is 0 Å². The predicted octanol–water partition coefficient (Wildman–Crippen LogP) is 5.11. The molecule has 154 valence electrons. The number of fused-ring (bicyclic) bond motifs is 2. The summed E-state index contributed by atoms with van der Waals surface area (Å²) in [4.78, 5) is 31.7. The Morgan fingerprint density at radius 2 is 1.57 bits per heavy atom. The van der Waals surface area contributed by atoms with Crippen LogP contribution in [0, 0.1) is 20.8 Å². The zero-order valence-electron chi connectivity index (χ0n) is 17.5. The highest BCUT2D eigenvalue weighted by Crippen LogP contribution is 2.35. The van der Waals surface area contributed by atoms with Gasteiger partial charge in [0.1, 0.15) is 12.3 Å². The molecule has 4 rings (SSSR count). The van der Waals surface area contributed by atoms with Crippen LogP contribution in [0.2, 0.25) is 0 Å². The molecule has 0 aliphatic carbocycles. The lowest BCUT2D eigenvalue weighted by Crippen LogP contribution is -2.07. The average molecular weight is 404 g/mol. The maximum Gasteiger partial charge on any atom is 0.355 e. The molecule has 0 saturated carbocycles. The van der Waals surface area contributed by atoms with Gasteiger partial charge in [0.2, 0.25) is 0 Å². The molecule has 4 aromatic rings. The fourth-order valence-corrected chi connectivity index (χ4v) is 4.08. The summed E-state index contributed by atoms with van der Waals surface area (Å²) in [6.07, 6.45) is 0. The first-order valence-corrected chi connectivity index (χ1v) is 9.94. The summed E-state index contributed by atoms with van der Waals surface area (Å²) in [5.74, 6) is -0.753. The molecule has 2 aromatic carbocycles. The number of benzene rings is 2. The van der Waals surface area contributed by atoms with E-state index in [0.29, 0.717) is 17.9 Å². The van der Waals surface area contributed by atoms with Crippen LogP contribution in [-0.2, 0) is 16.1 Å². The molecule has 2 aromatic heterocycles. The van der Waals surface area contributed by atoms with Crippen molar-refractivity contribution in [3.05, 3.63) is 70.0 Å². The second-order valence-corrected chi connectivity index (χ2v) is 7.38. The lowest BCUT2D eigenvalue weighted by atomic mass is 9.99. The average Bonchev–Trinajstić information content (AvgIpc) is 3.24. The number of hydrogen-bond donors (Lipinski definition) is 2. The van der Waals surface area contributed by atoms with E-state index in [4.69, 9.17) is 9.47 Å². The van der Waals surface area contributed by atoms with Gasteiger partial charge in [0, 0.05) is 27.5 Å². The normalized spacial score (nSPS) is 11.2. The molecule has 0 spiro atoms. The van der Waals surface area contributed by atoms with Gasteiger partial charge in [-0.2, -0.15) is 0 Å². The Kier molecular flexibility index (Phi) is 5.08. The SMILES string of the molecule is CCOC(=O)c1c(C)[nH]c2cc3[nH]c(C(=O)OCc4ccccc4)c(C)c3c(C)c12. The van der Waals surface area contributed by atoms with Crippen molar-refractivity contribution in [2.24, 2.45) is 0 Å². The Bertz CT molecular complexity index is 1270. The first-order valence-electron chi connectivity index (χ1n) is 9.94. The summed E-state index contributed by atoms with van der Waals surface area (Å²) in [7, 11) is 0. The van der Waals surface area contributed by atoms with E-state index in [0.717, 1.165) is 44.2 Å². The van der Waals surface area contributed by atoms with Crippen molar-refractivity contribution in [2.75, 3.05) is 6.61 Å². The van der Waals surface area contributed by atoms with Crippen LogP contribution in [0.3, 0.4) is 0 Å². The molecule has 2 N–H and O–H groups in total. The summed E-state index contributed by atoms with van der Waals surface area (Å²) in [6, 6.07) is 11.5. The minimum Gasteiger partial charge on any atom is -0.462 e. The van der Waals surface area contributed by atoms with Crippen molar-refractivity contribution < 1.29 is 19.1 Å². The maximum atomic E-state index is 12.7. The number of carbonyl (C=O) groups is 2. The second-order valence-electron chi connectivity index (χ2n) is 7.38. The largest absolute Gasteiger partial charge is 0.462 e. The highest BCUT2D eigenvalue weighted by atomic mass is 16.5. The van der Waals surface area contributed by atoms with Crippen LogP contribution in [0.15, 0.2) is 36.4 Å². The summed E-state index contributed by atoms with van der Waals surface area (Å²) in [5.41, 5.74) is 6.03. The van der Waals surface area contributed by atoms with Crippen LogP contribution in [0.1, 0.15) is 50.2 Å². The third kappa shape index (κ3) is 3.24. The lowest BCUT2D eigenvalue weighted by Gasteiger charge is -2.06. The van der Waals surface area contributed by atoms with Gasteiger partial charge in [-0.05, 0) is 50.5 Å². The van der Waals surface area contributed by atoms with Crippen molar-refractivity contribution in [2.45, 2.75) is 34.3 Å². The molecule has 6 heteroatoms. The van der Waals surface area contributed by atoms with Gasteiger partial charge in [-0.15, -0.1) is 0 Å². The van der Waals surface area contributed by atoms with Gasteiger partial charge in [0.25, 0.3) is 0 Å². The van der Waals surface area contributed by atoms with Gasteiger partial charge in [0.05, 0.1) is 12.2 Å². The first-order chi connectivity index (χ1) is 14.4. The third-order valence-corrected chi connectivity index (χ3v) is 5.43. The van der Waals surface area contributed by atoms with Crippen molar-refractivity contribution in [3.63, 3.8) is 0 Å². The van der Waals surface area contributed by atoms with E-state index >= 15 is 0 Å². The Morgan fingerprint density at radius 3 is 2.27 bits per heavy atom. The highest BCUT2D eigenvalue weighted by molar-refractivity contribution is 6.13.